The average Bonchev–Trinajstić information content (AvgIpc) is 2.88. The summed E-state index contributed by atoms with van der Waals surface area (Å²) >= 11 is 7.17. The second-order valence-corrected chi connectivity index (χ2v) is 5.98. The summed E-state index contributed by atoms with van der Waals surface area (Å²) in [5, 5.41) is 9.99. The minimum absolute atomic E-state index is 0.125. The monoisotopic (exact) mass is 356 g/mol. The highest BCUT2D eigenvalue weighted by Gasteiger charge is 2.12. The summed E-state index contributed by atoms with van der Waals surface area (Å²) in [5.74, 6) is -0.0956. The van der Waals surface area contributed by atoms with Crippen LogP contribution in [-0.2, 0) is 16.1 Å². The maximum Gasteiger partial charge on any atom is 0.343 e. The van der Waals surface area contributed by atoms with Gasteiger partial charge in [0.05, 0.1) is 16.5 Å². The van der Waals surface area contributed by atoms with Crippen molar-refractivity contribution >= 4 is 35.0 Å². The summed E-state index contributed by atoms with van der Waals surface area (Å²) in [5.41, 5.74) is 0.259. The zero-order valence-electron chi connectivity index (χ0n) is 12.5. The molecule has 0 atom stereocenters. The molecule has 2 aromatic rings. The van der Waals surface area contributed by atoms with Gasteiger partial charge in [0.2, 0.25) is 5.91 Å². The number of aromatic nitrogens is 3. The number of aromatic amines is 1. The number of methoxy groups -OCH3 is 1. The van der Waals surface area contributed by atoms with Gasteiger partial charge in [-0.3, -0.25) is 9.36 Å². The number of rotatable bonds is 8. The predicted octanol–water partition coefficient (Wildman–Crippen LogP) is 1.99. The standard InChI is InChI=1S/C14H17ClN4O3S/c1-22-8-4-7-19-13(21)17-18-14(19)23-9-12(20)16-11-6-3-2-5-10(11)15/h2-3,5-6H,4,7-9H2,1H3,(H,16,20)(H,17,21). The van der Waals surface area contributed by atoms with Crippen LogP contribution in [0.3, 0.4) is 0 Å². The first kappa shape index (κ1) is 17.6. The van der Waals surface area contributed by atoms with Crippen LogP contribution in [0.1, 0.15) is 6.42 Å². The number of carbonyl (C=O) groups is 1. The second kappa shape index (κ2) is 8.76. The summed E-state index contributed by atoms with van der Waals surface area (Å²) in [6.07, 6.45) is 0.690. The van der Waals surface area contributed by atoms with Gasteiger partial charge in [0.25, 0.3) is 0 Å². The van der Waals surface area contributed by atoms with Gasteiger partial charge in [-0.25, -0.2) is 9.89 Å². The van der Waals surface area contributed by atoms with E-state index >= 15 is 0 Å². The summed E-state index contributed by atoms with van der Waals surface area (Å²) in [6.45, 7) is 1.03. The first-order valence-corrected chi connectivity index (χ1v) is 8.29. The lowest BCUT2D eigenvalue weighted by molar-refractivity contribution is -0.113. The molecule has 1 amide bonds. The number of halogens is 1. The number of thioether (sulfide) groups is 1. The smallest absolute Gasteiger partial charge is 0.343 e. The Kier molecular flexibility index (Phi) is 6.69. The average molecular weight is 357 g/mol. The predicted molar refractivity (Wildman–Crippen MR) is 90.1 cm³/mol. The molecule has 0 aliphatic carbocycles. The Hall–Kier alpha value is -1.77. The van der Waals surface area contributed by atoms with E-state index in [1.54, 1.807) is 31.4 Å². The quantitative estimate of drug-likeness (QED) is 0.557. The Bertz CT molecular complexity index is 716. The van der Waals surface area contributed by atoms with Crippen molar-refractivity contribution in [2.24, 2.45) is 0 Å². The maximum atomic E-state index is 12.0. The first-order chi connectivity index (χ1) is 11.1. The molecule has 23 heavy (non-hydrogen) atoms. The van der Waals surface area contributed by atoms with Gasteiger partial charge in [-0.05, 0) is 18.6 Å². The van der Waals surface area contributed by atoms with Crippen LogP contribution in [0.4, 0.5) is 5.69 Å². The van der Waals surface area contributed by atoms with Gasteiger partial charge >= 0.3 is 5.69 Å². The molecule has 9 heteroatoms. The largest absolute Gasteiger partial charge is 0.385 e. The molecule has 0 aliphatic heterocycles. The normalized spacial score (nSPS) is 10.7. The highest BCUT2D eigenvalue weighted by molar-refractivity contribution is 7.99. The highest BCUT2D eigenvalue weighted by atomic mass is 35.5. The molecule has 2 rings (SSSR count). The SMILES string of the molecule is COCCCn1c(SCC(=O)Nc2ccccc2Cl)n[nH]c1=O. The van der Waals surface area contributed by atoms with Crippen molar-refractivity contribution < 1.29 is 9.53 Å². The summed E-state index contributed by atoms with van der Waals surface area (Å²) in [7, 11) is 1.60. The number of amides is 1. The van der Waals surface area contributed by atoms with E-state index in [2.05, 4.69) is 15.5 Å². The first-order valence-electron chi connectivity index (χ1n) is 6.93. The third-order valence-electron chi connectivity index (χ3n) is 2.93. The number of nitrogens with one attached hydrogen (secondary N) is 2. The van der Waals surface area contributed by atoms with Crippen LogP contribution < -0.4 is 11.0 Å². The van der Waals surface area contributed by atoms with Crippen molar-refractivity contribution in [1.82, 2.24) is 14.8 Å². The molecule has 7 nitrogen and oxygen atoms in total. The van der Waals surface area contributed by atoms with Crippen LogP contribution in [0.5, 0.6) is 0 Å². The summed E-state index contributed by atoms with van der Waals surface area (Å²) in [4.78, 5) is 23.7. The van der Waals surface area contributed by atoms with E-state index in [-0.39, 0.29) is 17.3 Å². The molecular formula is C14H17ClN4O3S. The third kappa shape index (κ3) is 5.12. The molecule has 0 saturated carbocycles. The molecule has 124 valence electrons. The number of ether oxygens (including phenoxy) is 1. The van der Waals surface area contributed by atoms with Crippen LogP contribution in [0.2, 0.25) is 5.02 Å². The van der Waals surface area contributed by atoms with Crippen LogP contribution in [-0.4, -0.2) is 40.1 Å². The van der Waals surface area contributed by atoms with Gasteiger partial charge in [0.1, 0.15) is 0 Å². The Morgan fingerprint density at radius 1 is 1.48 bits per heavy atom. The molecule has 1 aromatic carbocycles. The van der Waals surface area contributed by atoms with E-state index in [4.69, 9.17) is 16.3 Å². The number of para-hydroxylation sites is 1. The van der Waals surface area contributed by atoms with Crippen molar-refractivity contribution in [2.45, 2.75) is 18.1 Å². The molecule has 0 radical (unpaired) electrons. The zero-order valence-corrected chi connectivity index (χ0v) is 14.1. The number of benzene rings is 1. The van der Waals surface area contributed by atoms with E-state index in [0.29, 0.717) is 35.4 Å². The maximum absolute atomic E-state index is 12.0. The lowest BCUT2D eigenvalue weighted by atomic mass is 10.3. The fraction of sp³-hybridized carbons (Fsp3) is 0.357. The van der Waals surface area contributed by atoms with Crippen LogP contribution in [0.25, 0.3) is 0 Å². The van der Waals surface area contributed by atoms with Gasteiger partial charge in [-0.2, -0.15) is 0 Å². The lowest BCUT2D eigenvalue weighted by Crippen LogP contribution is -2.19. The second-order valence-electron chi connectivity index (χ2n) is 4.63. The summed E-state index contributed by atoms with van der Waals surface area (Å²) < 4.78 is 6.46. The molecule has 0 unspecified atom stereocenters. The highest BCUT2D eigenvalue weighted by Crippen LogP contribution is 2.21. The Morgan fingerprint density at radius 3 is 3.00 bits per heavy atom. The number of nitrogens with zero attached hydrogens (tertiary/aromatic N) is 2. The molecule has 1 heterocycles. The van der Waals surface area contributed by atoms with Gasteiger partial charge in [0.15, 0.2) is 5.16 Å². The Labute approximate surface area is 142 Å². The number of hydrogen-bond acceptors (Lipinski definition) is 5. The van der Waals surface area contributed by atoms with Crippen molar-refractivity contribution in [3.63, 3.8) is 0 Å². The third-order valence-corrected chi connectivity index (χ3v) is 4.24. The van der Waals surface area contributed by atoms with E-state index < -0.39 is 0 Å². The Balaban J connectivity index is 1.92. The van der Waals surface area contributed by atoms with Gasteiger partial charge < -0.3 is 10.1 Å². The fourth-order valence-electron chi connectivity index (χ4n) is 1.86. The fourth-order valence-corrected chi connectivity index (χ4v) is 2.81. The van der Waals surface area contributed by atoms with Crippen molar-refractivity contribution in [3.8, 4) is 0 Å². The molecule has 0 spiro atoms. The number of hydrogen-bond donors (Lipinski definition) is 2. The molecule has 0 aliphatic rings. The number of H-pyrrole nitrogens is 1. The molecule has 2 N–H and O–H groups in total. The van der Waals surface area contributed by atoms with E-state index in [1.807, 2.05) is 0 Å². The number of anilines is 1. The molecule has 0 fully saturated rings. The van der Waals surface area contributed by atoms with Crippen molar-refractivity contribution in [2.75, 3.05) is 24.8 Å². The number of carbonyl (C=O) groups excluding carboxylic acids is 1. The van der Waals surface area contributed by atoms with Gasteiger partial charge in [-0.15, -0.1) is 5.10 Å². The van der Waals surface area contributed by atoms with E-state index in [1.165, 1.54) is 16.3 Å². The van der Waals surface area contributed by atoms with Crippen LogP contribution in [0, 0.1) is 0 Å². The van der Waals surface area contributed by atoms with Gasteiger partial charge in [-0.1, -0.05) is 35.5 Å². The van der Waals surface area contributed by atoms with Crippen molar-refractivity contribution in [1.29, 1.82) is 0 Å². The minimum atomic E-state index is -0.296. The molecular weight excluding hydrogens is 340 g/mol. The van der Waals surface area contributed by atoms with Crippen LogP contribution in [0.15, 0.2) is 34.2 Å². The Morgan fingerprint density at radius 2 is 2.26 bits per heavy atom. The topological polar surface area (TPSA) is 89.0 Å². The van der Waals surface area contributed by atoms with Crippen LogP contribution >= 0.6 is 23.4 Å². The van der Waals surface area contributed by atoms with E-state index in [0.717, 1.165) is 0 Å². The minimum Gasteiger partial charge on any atom is -0.385 e. The van der Waals surface area contributed by atoms with Gasteiger partial charge in [0, 0.05) is 20.3 Å². The lowest BCUT2D eigenvalue weighted by Gasteiger charge is -2.07. The molecule has 1 aromatic heterocycles. The zero-order chi connectivity index (χ0) is 16.7. The molecule has 0 bridgehead atoms. The summed E-state index contributed by atoms with van der Waals surface area (Å²) in [6, 6.07) is 7.00. The van der Waals surface area contributed by atoms with E-state index in [9.17, 15) is 9.59 Å². The molecule has 0 saturated heterocycles. The van der Waals surface area contributed by atoms with Crippen molar-refractivity contribution in [3.05, 3.63) is 39.8 Å².